The van der Waals surface area contributed by atoms with Crippen LogP contribution >= 0.6 is 0 Å². The average Bonchev–Trinajstić information content (AvgIpc) is 2.60. The first-order valence-electron chi connectivity index (χ1n) is 7.23. The maximum Gasteiger partial charge on any atom is 0.133 e. The molecular formula is C19H17FO3. The number of aliphatic hydroxyl groups excluding tert-OH is 1. The molecule has 0 fully saturated rings. The molecule has 1 N–H and O–H groups in total. The van der Waals surface area contributed by atoms with Gasteiger partial charge in [0.2, 0.25) is 0 Å². The zero-order valence-electron chi connectivity index (χ0n) is 12.9. The van der Waals surface area contributed by atoms with Crippen LogP contribution in [0.15, 0.2) is 54.6 Å². The fraction of sp³-hybridized carbons (Fsp3) is 0.158. The Morgan fingerprint density at radius 2 is 1.57 bits per heavy atom. The minimum Gasteiger partial charge on any atom is -0.496 e. The van der Waals surface area contributed by atoms with Crippen LogP contribution in [0.1, 0.15) is 17.2 Å². The number of hydrogen-bond donors (Lipinski definition) is 1. The predicted molar refractivity (Wildman–Crippen MR) is 87.5 cm³/mol. The lowest BCUT2D eigenvalue weighted by molar-refractivity contribution is 0.214. The number of ether oxygens (including phenoxy) is 2. The maximum atomic E-state index is 13.1. The molecule has 0 aliphatic carbocycles. The number of methoxy groups -OCH3 is 2. The minimum absolute atomic E-state index is 0.344. The summed E-state index contributed by atoms with van der Waals surface area (Å²) in [4.78, 5) is 0. The predicted octanol–water partition coefficient (Wildman–Crippen LogP) is 4.08. The summed E-state index contributed by atoms with van der Waals surface area (Å²) < 4.78 is 24.1. The van der Waals surface area contributed by atoms with Gasteiger partial charge >= 0.3 is 0 Å². The summed E-state index contributed by atoms with van der Waals surface area (Å²) in [6.45, 7) is 0. The Bertz CT molecular complexity index is 828. The summed E-state index contributed by atoms with van der Waals surface area (Å²) in [5.41, 5.74) is 1.16. The molecule has 0 amide bonds. The Labute approximate surface area is 133 Å². The van der Waals surface area contributed by atoms with Crippen LogP contribution in [-0.2, 0) is 0 Å². The van der Waals surface area contributed by atoms with Crippen molar-refractivity contribution in [1.29, 1.82) is 0 Å². The number of halogens is 1. The van der Waals surface area contributed by atoms with E-state index in [9.17, 15) is 9.50 Å². The van der Waals surface area contributed by atoms with Gasteiger partial charge in [0, 0.05) is 16.3 Å². The summed E-state index contributed by atoms with van der Waals surface area (Å²) in [7, 11) is 3.15. The van der Waals surface area contributed by atoms with Crippen LogP contribution in [0.2, 0.25) is 0 Å². The van der Waals surface area contributed by atoms with Crippen LogP contribution in [0, 0.1) is 5.82 Å². The van der Waals surface area contributed by atoms with Crippen LogP contribution < -0.4 is 9.47 Å². The molecule has 3 aromatic rings. The normalized spacial score (nSPS) is 12.2. The number of hydrogen-bond acceptors (Lipinski definition) is 3. The minimum atomic E-state index is -0.941. The monoisotopic (exact) mass is 312 g/mol. The molecule has 118 valence electrons. The summed E-state index contributed by atoms with van der Waals surface area (Å²) >= 11 is 0. The molecule has 0 saturated heterocycles. The lowest BCUT2D eigenvalue weighted by atomic mass is 9.96. The van der Waals surface area contributed by atoms with Crippen LogP contribution in [0.5, 0.6) is 11.5 Å². The first kappa shape index (κ1) is 15.3. The molecule has 0 aliphatic rings. The van der Waals surface area contributed by atoms with E-state index in [0.717, 1.165) is 10.8 Å². The quantitative estimate of drug-likeness (QED) is 0.789. The van der Waals surface area contributed by atoms with Crippen LogP contribution in [0.4, 0.5) is 4.39 Å². The zero-order chi connectivity index (χ0) is 16.4. The highest BCUT2D eigenvalue weighted by Gasteiger charge is 2.20. The Morgan fingerprint density at radius 3 is 2.17 bits per heavy atom. The van der Waals surface area contributed by atoms with Crippen molar-refractivity contribution in [3.8, 4) is 11.5 Å². The van der Waals surface area contributed by atoms with Gasteiger partial charge in [-0.05, 0) is 23.8 Å². The molecule has 1 unspecified atom stereocenters. The number of benzene rings is 3. The highest BCUT2D eigenvalue weighted by atomic mass is 19.1. The fourth-order valence-corrected chi connectivity index (χ4v) is 2.76. The van der Waals surface area contributed by atoms with E-state index in [1.165, 1.54) is 12.1 Å². The van der Waals surface area contributed by atoms with Crippen molar-refractivity contribution < 1.29 is 19.0 Å². The van der Waals surface area contributed by atoms with E-state index in [1.807, 2.05) is 24.3 Å². The van der Waals surface area contributed by atoms with Gasteiger partial charge in [0.15, 0.2) is 0 Å². The molecule has 0 heterocycles. The standard InChI is InChI=1S/C19H17FO3/c1-22-17-11-16(18(21)12-7-9-13(20)10-8-12)19(23-2)15-6-4-3-5-14(15)17/h3-11,18,21H,1-2H3. The average molecular weight is 312 g/mol. The van der Waals surface area contributed by atoms with Crippen molar-refractivity contribution in [2.75, 3.05) is 14.2 Å². The van der Waals surface area contributed by atoms with Gasteiger partial charge < -0.3 is 14.6 Å². The third-order valence-corrected chi connectivity index (χ3v) is 3.89. The highest BCUT2D eigenvalue weighted by Crippen LogP contribution is 2.41. The molecule has 3 rings (SSSR count). The molecule has 3 aromatic carbocycles. The Morgan fingerprint density at radius 1 is 0.913 bits per heavy atom. The summed E-state index contributed by atoms with van der Waals surface area (Å²) in [6.07, 6.45) is -0.941. The van der Waals surface area contributed by atoms with E-state index < -0.39 is 6.10 Å². The van der Waals surface area contributed by atoms with E-state index in [0.29, 0.717) is 22.6 Å². The number of fused-ring (bicyclic) bond motifs is 1. The molecule has 1 atom stereocenters. The van der Waals surface area contributed by atoms with Gasteiger partial charge in [0.25, 0.3) is 0 Å². The molecule has 3 nitrogen and oxygen atoms in total. The lowest BCUT2D eigenvalue weighted by Gasteiger charge is -2.19. The Balaban J connectivity index is 2.21. The number of aliphatic hydroxyl groups is 1. The van der Waals surface area contributed by atoms with Gasteiger partial charge in [-0.25, -0.2) is 4.39 Å². The Hall–Kier alpha value is -2.59. The van der Waals surface area contributed by atoms with Crippen LogP contribution in [0.25, 0.3) is 10.8 Å². The molecule has 4 heteroatoms. The van der Waals surface area contributed by atoms with Gasteiger partial charge in [-0.2, -0.15) is 0 Å². The van der Waals surface area contributed by atoms with Crippen molar-refractivity contribution in [3.05, 3.63) is 71.5 Å². The zero-order valence-corrected chi connectivity index (χ0v) is 12.9. The molecule has 0 saturated carbocycles. The molecule has 0 bridgehead atoms. The second kappa shape index (κ2) is 6.26. The van der Waals surface area contributed by atoms with E-state index in [2.05, 4.69) is 0 Å². The first-order chi connectivity index (χ1) is 11.2. The topological polar surface area (TPSA) is 38.7 Å². The van der Waals surface area contributed by atoms with Crippen LogP contribution in [-0.4, -0.2) is 19.3 Å². The van der Waals surface area contributed by atoms with E-state index >= 15 is 0 Å². The summed E-state index contributed by atoms with van der Waals surface area (Å²) in [5.74, 6) is 0.889. The summed E-state index contributed by atoms with van der Waals surface area (Å²) in [5, 5.41) is 12.5. The smallest absolute Gasteiger partial charge is 0.133 e. The highest BCUT2D eigenvalue weighted by molar-refractivity contribution is 5.94. The third-order valence-electron chi connectivity index (χ3n) is 3.89. The summed E-state index contributed by atoms with van der Waals surface area (Å²) in [6, 6.07) is 15.2. The molecular weight excluding hydrogens is 295 g/mol. The van der Waals surface area contributed by atoms with E-state index in [4.69, 9.17) is 9.47 Å². The fourth-order valence-electron chi connectivity index (χ4n) is 2.76. The van der Waals surface area contributed by atoms with Gasteiger partial charge in [0.1, 0.15) is 23.4 Å². The Kier molecular flexibility index (Phi) is 4.17. The van der Waals surface area contributed by atoms with Crippen molar-refractivity contribution in [2.45, 2.75) is 6.10 Å². The van der Waals surface area contributed by atoms with E-state index in [-0.39, 0.29) is 5.82 Å². The lowest BCUT2D eigenvalue weighted by Crippen LogP contribution is -2.04. The SMILES string of the molecule is COc1cc(C(O)c2ccc(F)cc2)c(OC)c2ccccc12. The van der Waals surface area contributed by atoms with Crippen molar-refractivity contribution in [2.24, 2.45) is 0 Å². The van der Waals surface area contributed by atoms with E-state index in [1.54, 1.807) is 32.4 Å². The van der Waals surface area contributed by atoms with Gasteiger partial charge in [-0.1, -0.05) is 36.4 Å². The molecule has 0 aromatic heterocycles. The van der Waals surface area contributed by atoms with Gasteiger partial charge in [-0.15, -0.1) is 0 Å². The number of rotatable bonds is 4. The largest absolute Gasteiger partial charge is 0.496 e. The van der Waals surface area contributed by atoms with Gasteiger partial charge in [0.05, 0.1) is 14.2 Å². The van der Waals surface area contributed by atoms with Gasteiger partial charge in [-0.3, -0.25) is 0 Å². The van der Waals surface area contributed by atoms with Crippen LogP contribution in [0.3, 0.4) is 0 Å². The molecule has 0 aliphatic heterocycles. The van der Waals surface area contributed by atoms with Crippen molar-refractivity contribution >= 4 is 10.8 Å². The first-order valence-corrected chi connectivity index (χ1v) is 7.23. The third kappa shape index (κ3) is 2.73. The molecule has 0 spiro atoms. The second-order valence-electron chi connectivity index (χ2n) is 5.20. The van der Waals surface area contributed by atoms with Crippen molar-refractivity contribution in [3.63, 3.8) is 0 Å². The maximum absolute atomic E-state index is 13.1. The second-order valence-corrected chi connectivity index (χ2v) is 5.20. The molecule has 23 heavy (non-hydrogen) atoms. The van der Waals surface area contributed by atoms with Crippen molar-refractivity contribution in [1.82, 2.24) is 0 Å². The molecule has 0 radical (unpaired) electrons.